The van der Waals surface area contributed by atoms with Crippen molar-refractivity contribution in [3.05, 3.63) is 70.3 Å². The van der Waals surface area contributed by atoms with Crippen LogP contribution in [0.15, 0.2) is 48.6 Å². The van der Waals surface area contributed by atoms with Crippen molar-refractivity contribution in [2.24, 2.45) is 17.8 Å². The van der Waals surface area contributed by atoms with E-state index >= 15 is 0 Å². The summed E-state index contributed by atoms with van der Waals surface area (Å²) in [5.74, 6) is 2.86. The van der Waals surface area contributed by atoms with Crippen molar-refractivity contribution in [1.82, 2.24) is 4.72 Å². The molecule has 1 spiro atoms. The average Bonchev–Trinajstić information content (AvgIpc) is 3.22. The summed E-state index contributed by atoms with van der Waals surface area (Å²) in [4.78, 5) is 16.1. The molecule has 7 rings (SSSR count). The van der Waals surface area contributed by atoms with Gasteiger partial charge < -0.3 is 14.4 Å². The first kappa shape index (κ1) is 35.5. The molecule has 11 heteroatoms. The van der Waals surface area contributed by atoms with Crippen molar-refractivity contribution in [1.29, 1.82) is 0 Å². The van der Waals surface area contributed by atoms with Crippen molar-refractivity contribution in [3.8, 4) is 5.75 Å². The van der Waals surface area contributed by atoms with E-state index in [9.17, 15) is 13.2 Å². The fourth-order valence-corrected chi connectivity index (χ4v) is 14.5. The molecule has 2 fully saturated rings. The molecule has 3 heterocycles. The van der Waals surface area contributed by atoms with Crippen LogP contribution in [0.25, 0.3) is 0 Å². The topological polar surface area (TPSA) is 84.9 Å². The maximum atomic E-state index is 13.7. The third-order valence-corrected chi connectivity index (χ3v) is 17.4. The summed E-state index contributed by atoms with van der Waals surface area (Å²) in [5, 5.41) is 0.0462. The minimum absolute atomic E-state index is 0.182. The van der Waals surface area contributed by atoms with Gasteiger partial charge in [-0.2, -0.15) is 0 Å². The van der Waals surface area contributed by atoms with Gasteiger partial charge in [-0.15, -0.1) is 23.5 Å². The molecular weight excluding hydrogens is 696 g/mol. The van der Waals surface area contributed by atoms with Gasteiger partial charge in [-0.05, 0) is 122 Å². The molecule has 5 aliphatic rings. The van der Waals surface area contributed by atoms with Gasteiger partial charge in [0.1, 0.15) is 11.4 Å². The number of carbonyl (C=O) groups is 1. The molecule has 1 saturated carbocycles. The average molecular weight is 745 g/mol. The highest BCUT2D eigenvalue weighted by atomic mass is 35.5. The molecule has 1 amide bonds. The van der Waals surface area contributed by atoms with Crippen LogP contribution >= 0.6 is 35.1 Å². The van der Waals surface area contributed by atoms with E-state index in [2.05, 4.69) is 33.9 Å². The van der Waals surface area contributed by atoms with Gasteiger partial charge in [0.25, 0.3) is 5.91 Å². The van der Waals surface area contributed by atoms with Gasteiger partial charge in [-0.25, -0.2) is 13.1 Å². The number of sulfonamides is 1. The van der Waals surface area contributed by atoms with Crippen LogP contribution in [0, 0.1) is 17.8 Å². The van der Waals surface area contributed by atoms with Gasteiger partial charge in [-0.3, -0.25) is 4.79 Å². The van der Waals surface area contributed by atoms with Crippen LogP contribution in [0.4, 0.5) is 5.69 Å². The molecule has 0 aromatic heterocycles. The lowest BCUT2D eigenvalue weighted by atomic mass is 9.64. The summed E-state index contributed by atoms with van der Waals surface area (Å²) in [5.41, 5.74) is 3.03. The van der Waals surface area contributed by atoms with Crippen LogP contribution in [0.1, 0.15) is 80.3 Å². The van der Waals surface area contributed by atoms with E-state index in [1.54, 1.807) is 6.07 Å². The molecule has 6 atom stereocenters. The number of nitrogens with one attached hydrogen (secondary N) is 1. The summed E-state index contributed by atoms with van der Waals surface area (Å²) in [6, 6.07) is 11.7. The number of ether oxygens (including phenoxy) is 2. The Balaban J connectivity index is 1.34. The molecule has 3 aliphatic heterocycles. The van der Waals surface area contributed by atoms with Gasteiger partial charge in [0.15, 0.2) is 0 Å². The normalized spacial score (nSPS) is 34.0. The number of methoxy groups -OCH3 is 1. The summed E-state index contributed by atoms with van der Waals surface area (Å²) in [6.45, 7) is 5.91. The number of allylic oxidation sites excluding steroid dienone is 1. The second kappa shape index (κ2) is 14.3. The van der Waals surface area contributed by atoms with Crippen LogP contribution in [-0.2, 0) is 26.6 Å². The maximum absolute atomic E-state index is 13.7. The standard InChI is InChI=1S/C38H49ClN2O5S3/c1-4-34-25(2)8-5-17-38(45-3,36-47-18-7-19-48-36)31-13-10-28(31)22-41-23-37(16-6-9-26-20-29(39)12-14-30(26)37)24-46-33-15-11-27(21-32(33)41)35(42)40-49(34,43)44/h5,11-12,14-15,17,20-21,25,28,31,34,36H,4,6-10,13,16,18-19,22-24H2,1-3H3,(H,40,42)/b17-5+/t25-,28-,31+,34+,37-,38+/m0/s1. The number of nitrogens with zero attached hydrogens (tertiary/aromatic N) is 1. The molecule has 2 aromatic rings. The Bertz CT molecular complexity index is 1700. The second-order valence-electron chi connectivity index (χ2n) is 14.8. The fraction of sp³-hybridized carbons (Fsp3) is 0.605. The van der Waals surface area contributed by atoms with E-state index < -0.39 is 26.8 Å². The lowest BCUT2D eigenvalue weighted by Crippen LogP contribution is -2.56. The van der Waals surface area contributed by atoms with E-state index in [1.165, 1.54) is 17.5 Å². The Kier molecular flexibility index (Phi) is 10.4. The molecule has 7 nitrogen and oxygen atoms in total. The number of hydrogen-bond acceptors (Lipinski definition) is 8. The van der Waals surface area contributed by atoms with Crippen LogP contribution in [0.5, 0.6) is 5.75 Å². The third kappa shape index (κ3) is 6.67. The molecule has 266 valence electrons. The first-order valence-electron chi connectivity index (χ1n) is 17.9. The highest BCUT2D eigenvalue weighted by Gasteiger charge is 2.53. The number of carbonyl (C=O) groups excluding carboxylic acids is 1. The Morgan fingerprint density at radius 2 is 1.94 bits per heavy atom. The van der Waals surface area contributed by atoms with Crippen molar-refractivity contribution < 1.29 is 22.7 Å². The van der Waals surface area contributed by atoms with Crippen molar-refractivity contribution >= 4 is 56.7 Å². The zero-order valence-electron chi connectivity index (χ0n) is 28.8. The fourth-order valence-electron chi connectivity index (χ4n) is 9.17. The summed E-state index contributed by atoms with van der Waals surface area (Å²) < 4.78 is 43.6. The Morgan fingerprint density at radius 3 is 2.67 bits per heavy atom. The van der Waals surface area contributed by atoms with Gasteiger partial charge >= 0.3 is 0 Å². The van der Waals surface area contributed by atoms with Crippen molar-refractivity contribution in [2.45, 2.75) is 86.1 Å². The number of amides is 1. The third-order valence-electron chi connectivity index (χ3n) is 11.9. The molecule has 0 unspecified atom stereocenters. The molecule has 49 heavy (non-hydrogen) atoms. The molecule has 1 N–H and O–H groups in total. The van der Waals surface area contributed by atoms with Crippen LogP contribution < -0.4 is 14.4 Å². The number of benzene rings is 2. The molecule has 2 aliphatic carbocycles. The van der Waals surface area contributed by atoms with E-state index in [4.69, 9.17) is 21.1 Å². The van der Waals surface area contributed by atoms with E-state index in [-0.39, 0.29) is 15.9 Å². The molecular formula is C38H49ClN2O5S3. The first-order chi connectivity index (χ1) is 23.6. The van der Waals surface area contributed by atoms with Crippen molar-refractivity contribution in [3.63, 3.8) is 0 Å². The van der Waals surface area contributed by atoms with Gasteiger partial charge in [0.2, 0.25) is 10.0 Å². The second-order valence-corrected chi connectivity index (χ2v) is 19.8. The first-order valence-corrected chi connectivity index (χ1v) is 21.9. The number of rotatable bonds is 3. The quantitative estimate of drug-likeness (QED) is 0.318. The lowest BCUT2D eigenvalue weighted by Gasteiger charge is -2.53. The van der Waals surface area contributed by atoms with E-state index in [0.29, 0.717) is 36.8 Å². The zero-order chi connectivity index (χ0) is 34.4. The minimum Gasteiger partial charge on any atom is -0.490 e. The number of halogens is 1. The van der Waals surface area contributed by atoms with Gasteiger partial charge in [-0.1, -0.05) is 43.7 Å². The number of fused-ring (bicyclic) bond motifs is 4. The number of aryl methyl sites for hydroxylation is 1. The number of anilines is 1. The highest BCUT2D eigenvalue weighted by Crippen LogP contribution is 2.54. The molecule has 1 saturated heterocycles. The van der Waals surface area contributed by atoms with E-state index in [0.717, 1.165) is 73.2 Å². The molecule has 0 radical (unpaired) electrons. The maximum Gasteiger partial charge on any atom is 0.264 e. The highest BCUT2D eigenvalue weighted by molar-refractivity contribution is 8.17. The largest absolute Gasteiger partial charge is 0.490 e. The molecule has 2 aromatic carbocycles. The van der Waals surface area contributed by atoms with E-state index in [1.807, 2.05) is 62.7 Å². The number of hydrogen-bond donors (Lipinski definition) is 1. The smallest absolute Gasteiger partial charge is 0.264 e. The van der Waals surface area contributed by atoms with Gasteiger partial charge in [0, 0.05) is 36.2 Å². The summed E-state index contributed by atoms with van der Waals surface area (Å²) in [7, 11) is -2.07. The van der Waals surface area contributed by atoms with Crippen LogP contribution in [0.2, 0.25) is 5.02 Å². The Hall–Kier alpha value is -1.85. The predicted molar refractivity (Wildman–Crippen MR) is 203 cm³/mol. The zero-order valence-corrected chi connectivity index (χ0v) is 32.0. The molecule has 2 bridgehead atoms. The predicted octanol–water partition coefficient (Wildman–Crippen LogP) is 7.85. The Morgan fingerprint density at radius 1 is 1.12 bits per heavy atom. The lowest BCUT2D eigenvalue weighted by molar-refractivity contribution is -0.0639. The SMILES string of the molecule is CC[C@@H]1[C@@H](C)C/C=C/[C@](OC)(C2SCCCS2)[C@@H]2CC[C@H]2CN2C[C@@]3(CCCc4cc(Cl)ccc43)COc3ccc(cc32)C(=O)NS1(=O)=O. The van der Waals surface area contributed by atoms with Gasteiger partial charge in [0.05, 0.1) is 22.1 Å². The minimum atomic E-state index is -3.94. The monoisotopic (exact) mass is 744 g/mol. The summed E-state index contributed by atoms with van der Waals surface area (Å²) in [6.07, 6.45) is 11.9. The van der Waals surface area contributed by atoms with Crippen molar-refractivity contribution in [2.75, 3.05) is 43.2 Å². The van der Waals surface area contributed by atoms with Crippen LogP contribution in [-0.4, -0.2) is 68.1 Å². The Labute approximate surface area is 305 Å². The van der Waals surface area contributed by atoms with Crippen LogP contribution in [0.3, 0.4) is 0 Å². The summed E-state index contributed by atoms with van der Waals surface area (Å²) >= 11 is 10.5. The number of thioether (sulfide) groups is 2.